The molecule has 0 aliphatic carbocycles. The van der Waals surface area contributed by atoms with E-state index < -0.39 is 0 Å². The van der Waals surface area contributed by atoms with Gasteiger partial charge in [0.2, 0.25) is 0 Å². The average Bonchev–Trinajstić information content (AvgIpc) is 3.80. The van der Waals surface area contributed by atoms with Gasteiger partial charge >= 0.3 is 0 Å². The van der Waals surface area contributed by atoms with Gasteiger partial charge in [0.1, 0.15) is 5.82 Å². The van der Waals surface area contributed by atoms with Crippen LogP contribution in [0.25, 0.3) is 110 Å². The van der Waals surface area contributed by atoms with Crippen LogP contribution >= 0.6 is 0 Å². The van der Waals surface area contributed by atoms with Gasteiger partial charge in [-0.1, -0.05) is 109 Å². The summed E-state index contributed by atoms with van der Waals surface area (Å²) >= 11 is 0. The Bertz CT molecular complexity index is 3380. The van der Waals surface area contributed by atoms with E-state index >= 15 is 0 Å². The highest BCUT2D eigenvalue weighted by Gasteiger charge is 2.26. The third-order valence-electron chi connectivity index (χ3n) is 10.8. The number of nitrogens with zero attached hydrogens (tertiary/aromatic N) is 4. The van der Waals surface area contributed by atoms with E-state index in [-0.39, 0.29) is 0 Å². The zero-order valence-electron chi connectivity index (χ0n) is 26.8. The second kappa shape index (κ2) is 9.43. The van der Waals surface area contributed by atoms with Crippen molar-refractivity contribution < 1.29 is 0 Å². The maximum absolute atomic E-state index is 5.52. The monoisotopic (exact) mass is 634 g/mol. The molecule has 0 atom stereocenters. The van der Waals surface area contributed by atoms with Crippen molar-refractivity contribution in [3.63, 3.8) is 0 Å². The number of hydrogen-bond donors (Lipinski definition) is 0. The standard InChI is InChI=1S/C46H26N4/c1-2-12-28-23-31(22-21-27(28)11-1)45-47-38-18-8-5-16-33(38)46(48-45)50-41-25-30-14-4-3-13-29(30)24-35(41)37-26-36-32-15-6-9-19-39(32)49-40-20-10-7-17-34(40)42(43(36)49)44(37)50/h1-26H. The molecule has 12 rings (SSSR count). The molecular formula is C46H26N4. The molecule has 0 radical (unpaired) electrons. The Hall–Kier alpha value is -6.78. The van der Waals surface area contributed by atoms with E-state index in [1.165, 1.54) is 75.9 Å². The Labute approximate surface area is 285 Å². The highest BCUT2D eigenvalue weighted by molar-refractivity contribution is 6.34. The normalized spacial score (nSPS) is 12.4. The minimum Gasteiger partial charge on any atom is -0.308 e. The summed E-state index contributed by atoms with van der Waals surface area (Å²) in [6.45, 7) is 0. The van der Waals surface area contributed by atoms with E-state index in [4.69, 9.17) is 9.97 Å². The largest absolute Gasteiger partial charge is 0.308 e. The van der Waals surface area contributed by atoms with Crippen LogP contribution in [0.1, 0.15) is 0 Å². The summed E-state index contributed by atoms with van der Waals surface area (Å²) < 4.78 is 4.90. The van der Waals surface area contributed by atoms with E-state index in [9.17, 15) is 0 Å². The van der Waals surface area contributed by atoms with Crippen LogP contribution in [0, 0.1) is 0 Å². The quantitative estimate of drug-likeness (QED) is 0.190. The first-order valence-electron chi connectivity index (χ1n) is 17.1. The summed E-state index contributed by atoms with van der Waals surface area (Å²) in [4.78, 5) is 10.7. The first kappa shape index (κ1) is 26.2. The third-order valence-corrected chi connectivity index (χ3v) is 10.8. The molecule has 4 nitrogen and oxygen atoms in total. The second-order valence-corrected chi connectivity index (χ2v) is 13.4. The van der Waals surface area contributed by atoms with E-state index in [0.29, 0.717) is 5.82 Å². The van der Waals surface area contributed by atoms with Crippen molar-refractivity contribution in [2.24, 2.45) is 0 Å². The highest BCUT2D eigenvalue weighted by atomic mass is 15.1. The van der Waals surface area contributed by atoms with Crippen molar-refractivity contribution >= 4 is 92.3 Å². The summed E-state index contributed by atoms with van der Waals surface area (Å²) in [7, 11) is 0. The smallest absolute Gasteiger partial charge is 0.162 e. The van der Waals surface area contributed by atoms with Crippen LogP contribution in [-0.4, -0.2) is 18.9 Å². The van der Waals surface area contributed by atoms with Gasteiger partial charge in [-0.2, -0.15) is 0 Å². The summed E-state index contributed by atoms with van der Waals surface area (Å²) in [6.07, 6.45) is 0. The van der Waals surface area contributed by atoms with Crippen LogP contribution in [-0.2, 0) is 0 Å². The molecule has 0 bridgehead atoms. The average molecular weight is 635 g/mol. The molecule has 50 heavy (non-hydrogen) atoms. The molecule has 4 heteroatoms. The molecule has 0 aliphatic rings. The van der Waals surface area contributed by atoms with E-state index in [1.807, 2.05) is 0 Å². The van der Waals surface area contributed by atoms with Gasteiger partial charge in [-0.05, 0) is 70.1 Å². The Morgan fingerprint density at radius 1 is 0.380 bits per heavy atom. The highest BCUT2D eigenvalue weighted by Crippen LogP contribution is 2.47. The fraction of sp³-hybridized carbons (Fsp3) is 0. The van der Waals surface area contributed by atoms with Crippen LogP contribution in [0.15, 0.2) is 158 Å². The molecule has 8 aromatic carbocycles. The molecule has 0 spiro atoms. The van der Waals surface area contributed by atoms with Gasteiger partial charge in [0, 0.05) is 43.3 Å². The summed E-state index contributed by atoms with van der Waals surface area (Å²) in [6, 6.07) is 56.9. The van der Waals surface area contributed by atoms with Gasteiger partial charge in [0.25, 0.3) is 0 Å². The lowest BCUT2D eigenvalue weighted by Crippen LogP contribution is -2.03. The van der Waals surface area contributed by atoms with Gasteiger partial charge in [0.05, 0.1) is 33.1 Å². The maximum Gasteiger partial charge on any atom is 0.162 e. The molecule has 0 saturated heterocycles. The van der Waals surface area contributed by atoms with Gasteiger partial charge < -0.3 is 4.40 Å². The third kappa shape index (κ3) is 3.34. The summed E-state index contributed by atoms with van der Waals surface area (Å²) in [5.74, 6) is 1.60. The fourth-order valence-corrected chi connectivity index (χ4v) is 8.60. The number of para-hydroxylation sites is 3. The number of rotatable bonds is 2. The molecule has 0 amide bonds. The number of benzene rings is 8. The van der Waals surface area contributed by atoms with Crippen LogP contribution in [0.2, 0.25) is 0 Å². The number of aromatic nitrogens is 4. The molecule has 0 aliphatic heterocycles. The Morgan fingerprint density at radius 2 is 1.00 bits per heavy atom. The van der Waals surface area contributed by atoms with Gasteiger partial charge in [-0.3, -0.25) is 4.57 Å². The SMILES string of the molecule is c1ccc2cc(-c3nc(-n4c5cc6ccccc6cc5c5cc6c7ccccc7n7c8ccccc8c(c54)c67)c4ccccc4n3)ccc2c1. The lowest BCUT2D eigenvalue weighted by atomic mass is 10.0. The molecule has 0 fully saturated rings. The topological polar surface area (TPSA) is 35.1 Å². The van der Waals surface area contributed by atoms with Crippen molar-refractivity contribution in [2.75, 3.05) is 0 Å². The predicted octanol–water partition coefficient (Wildman–Crippen LogP) is 11.9. The van der Waals surface area contributed by atoms with Crippen molar-refractivity contribution in [3.05, 3.63) is 158 Å². The van der Waals surface area contributed by atoms with Gasteiger partial charge in [-0.25, -0.2) is 9.97 Å². The first-order valence-corrected chi connectivity index (χ1v) is 17.1. The lowest BCUT2D eigenvalue weighted by Gasteiger charge is -2.14. The molecule has 4 heterocycles. The number of hydrogen-bond acceptors (Lipinski definition) is 2. The minimum absolute atomic E-state index is 0.715. The fourth-order valence-electron chi connectivity index (χ4n) is 8.60. The first-order chi connectivity index (χ1) is 24.8. The molecule has 230 valence electrons. The molecule has 4 aromatic heterocycles. The molecule has 0 N–H and O–H groups in total. The van der Waals surface area contributed by atoms with E-state index in [2.05, 4.69) is 167 Å². The number of fused-ring (bicyclic) bond motifs is 13. The molecule has 0 unspecified atom stereocenters. The van der Waals surface area contributed by atoms with Crippen LogP contribution in [0.4, 0.5) is 0 Å². The Morgan fingerprint density at radius 3 is 1.82 bits per heavy atom. The van der Waals surface area contributed by atoms with Crippen LogP contribution in [0.5, 0.6) is 0 Å². The Balaban J connectivity index is 1.33. The summed E-state index contributed by atoms with van der Waals surface area (Å²) in [5.41, 5.74) is 7.92. The molecule has 0 saturated carbocycles. The van der Waals surface area contributed by atoms with E-state index in [0.717, 1.165) is 27.8 Å². The lowest BCUT2D eigenvalue weighted by molar-refractivity contribution is 1.08. The molecular weight excluding hydrogens is 609 g/mol. The van der Waals surface area contributed by atoms with Gasteiger partial charge in [0.15, 0.2) is 5.82 Å². The van der Waals surface area contributed by atoms with Crippen molar-refractivity contribution in [2.45, 2.75) is 0 Å². The van der Waals surface area contributed by atoms with Crippen LogP contribution < -0.4 is 0 Å². The van der Waals surface area contributed by atoms with Crippen molar-refractivity contribution in [1.29, 1.82) is 0 Å². The van der Waals surface area contributed by atoms with E-state index in [1.54, 1.807) is 0 Å². The van der Waals surface area contributed by atoms with Crippen LogP contribution in [0.3, 0.4) is 0 Å². The minimum atomic E-state index is 0.715. The maximum atomic E-state index is 5.52. The zero-order valence-corrected chi connectivity index (χ0v) is 26.8. The van der Waals surface area contributed by atoms with Crippen molar-refractivity contribution in [1.82, 2.24) is 18.9 Å². The zero-order chi connectivity index (χ0) is 32.5. The van der Waals surface area contributed by atoms with Gasteiger partial charge in [-0.15, -0.1) is 0 Å². The molecule has 12 aromatic rings. The van der Waals surface area contributed by atoms with Crippen molar-refractivity contribution in [3.8, 4) is 17.2 Å². The Kier molecular flexibility index (Phi) is 4.94. The summed E-state index contributed by atoms with van der Waals surface area (Å²) in [5, 5.41) is 13.3. The predicted molar refractivity (Wildman–Crippen MR) is 209 cm³/mol. The second-order valence-electron chi connectivity index (χ2n) is 13.4.